The summed E-state index contributed by atoms with van der Waals surface area (Å²) in [5.41, 5.74) is 4.72. The molecule has 33 heavy (non-hydrogen) atoms. The number of aromatic nitrogens is 3. The van der Waals surface area contributed by atoms with E-state index >= 15 is 0 Å². The lowest BCUT2D eigenvalue weighted by molar-refractivity contribution is 0.102. The molecule has 8 heteroatoms. The molecular weight excluding hydrogens is 457 g/mol. The minimum absolute atomic E-state index is 0. The van der Waals surface area contributed by atoms with Crippen LogP contribution in [0.2, 0.25) is 5.02 Å². The molecule has 1 amide bonds. The summed E-state index contributed by atoms with van der Waals surface area (Å²) >= 11 is 5.92. The third kappa shape index (κ3) is 4.77. The quantitative estimate of drug-likeness (QED) is 0.379. The van der Waals surface area contributed by atoms with Crippen molar-refractivity contribution in [1.29, 1.82) is 0 Å². The number of allylic oxidation sites excluding steroid dienone is 1. The maximum atomic E-state index is 12.6. The monoisotopic (exact) mass is 477 g/mol. The highest BCUT2D eigenvalue weighted by molar-refractivity contribution is 6.30. The first-order valence-electron chi connectivity index (χ1n) is 10.2. The van der Waals surface area contributed by atoms with E-state index in [2.05, 4.69) is 58.0 Å². The van der Waals surface area contributed by atoms with Crippen LogP contribution in [0.3, 0.4) is 0 Å². The Bertz CT molecular complexity index is 1300. The number of benzene rings is 3. The first kappa shape index (κ1) is 22.6. The number of amides is 1. The molecule has 3 aromatic carbocycles. The Morgan fingerprint density at radius 2 is 1.70 bits per heavy atom. The van der Waals surface area contributed by atoms with Gasteiger partial charge in [0.15, 0.2) is 0 Å². The van der Waals surface area contributed by atoms with E-state index in [-0.39, 0.29) is 30.3 Å². The molecule has 0 saturated carbocycles. The van der Waals surface area contributed by atoms with Crippen LogP contribution in [0.1, 0.15) is 33.1 Å². The minimum Gasteiger partial charge on any atom is -0.324 e. The Morgan fingerprint density at radius 3 is 2.39 bits per heavy atom. The summed E-state index contributed by atoms with van der Waals surface area (Å²) in [6, 6.07) is 24.9. The second-order valence-corrected chi connectivity index (χ2v) is 8.03. The Labute approximate surface area is 202 Å². The van der Waals surface area contributed by atoms with Crippen molar-refractivity contribution in [3.63, 3.8) is 0 Å². The second-order valence-electron chi connectivity index (χ2n) is 7.59. The molecule has 166 valence electrons. The minimum atomic E-state index is -0.298. The van der Waals surface area contributed by atoms with Gasteiger partial charge in [-0.1, -0.05) is 71.8 Å². The van der Waals surface area contributed by atoms with E-state index in [9.17, 15) is 4.79 Å². The number of nitrogens with zero attached hydrogens (tertiary/aromatic N) is 3. The average Bonchev–Trinajstić information content (AvgIpc) is 3.22. The smallest absolute Gasteiger partial charge is 0.258 e. The SMILES string of the molecule is Cc1ccc(C2C=C(c3ccccc3)Nc3nc(NC(=O)c4ccc(Cl)cc4)nn32)cc1.Cl. The van der Waals surface area contributed by atoms with Crippen LogP contribution in [0, 0.1) is 6.92 Å². The first-order chi connectivity index (χ1) is 15.6. The van der Waals surface area contributed by atoms with Gasteiger partial charge in [0, 0.05) is 16.3 Å². The van der Waals surface area contributed by atoms with Gasteiger partial charge in [0.2, 0.25) is 5.95 Å². The Balaban J connectivity index is 0.00000259. The third-order valence-electron chi connectivity index (χ3n) is 5.30. The van der Waals surface area contributed by atoms with Crippen LogP contribution >= 0.6 is 24.0 Å². The van der Waals surface area contributed by atoms with Crippen LogP contribution in [0.5, 0.6) is 0 Å². The summed E-state index contributed by atoms with van der Waals surface area (Å²) in [4.78, 5) is 17.2. The van der Waals surface area contributed by atoms with Crippen LogP contribution in [-0.4, -0.2) is 20.7 Å². The van der Waals surface area contributed by atoms with Crippen LogP contribution < -0.4 is 10.6 Å². The molecule has 1 aliphatic rings. The van der Waals surface area contributed by atoms with Crippen molar-refractivity contribution >= 4 is 47.5 Å². The molecule has 0 radical (unpaired) electrons. The lowest BCUT2D eigenvalue weighted by atomic mass is 10.0. The van der Waals surface area contributed by atoms with Crippen molar-refractivity contribution in [1.82, 2.24) is 14.8 Å². The van der Waals surface area contributed by atoms with Gasteiger partial charge in [-0.05, 0) is 48.4 Å². The van der Waals surface area contributed by atoms with Crippen LogP contribution in [-0.2, 0) is 0 Å². The van der Waals surface area contributed by atoms with Crippen molar-refractivity contribution < 1.29 is 4.79 Å². The number of hydrogen-bond donors (Lipinski definition) is 2. The Morgan fingerprint density at radius 1 is 1.00 bits per heavy atom. The highest BCUT2D eigenvalue weighted by Crippen LogP contribution is 2.33. The average molecular weight is 478 g/mol. The molecule has 1 aliphatic heterocycles. The molecular formula is C25H21Cl2N5O. The summed E-state index contributed by atoms with van der Waals surface area (Å²) in [7, 11) is 0. The summed E-state index contributed by atoms with van der Waals surface area (Å²) < 4.78 is 1.79. The second kappa shape index (κ2) is 9.48. The zero-order valence-electron chi connectivity index (χ0n) is 17.7. The van der Waals surface area contributed by atoms with Crippen molar-refractivity contribution in [2.24, 2.45) is 0 Å². The van der Waals surface area contributed by atoms with Gasteiger partial charge in [-0.25, -0.2) is 4.68 Å². The number of fused-ring (bicyclic) bond motifs is 1. The zero-order valence-corrected chi connectivity index (χ0v) is 19.3. The number of carbonyl (C=O) groups excluding carboxylic acids is 1. The van der Waals surface area contributed by atoms with Crippen LogP contribution in [0.15, 0.2) is 84.9 Å². The fourth-order valence-corrected chi connectivity index (χ4v) is 3.73. The number of aryl methyl sites for hydroxylation is 1. The molecule has 6 nitrogen and oxygen atoms in total. The summed E-state index contributed by atoms with van der Waals surface area (Å²) in [5, 5.41) is 11.3. The molecule has 0 aliphatic carbocycles. The topological polar surface area (TPSA) is 71.8 Å². The molecule has 1 unspecified atom stereocenters. The van der Waals surface area contributed by atoms with Gasteiger partial charge in [-0.3, -0.25) is 10.1 Å². The standard InChI is InChI=1S/C25H20ClN5O.ClH/c1-16-7-9-18(10-8-16)22-15-21(17-5-3-2-4-6-17)27-25-29-24(30-31(22)25)28-23(32)19-11-13-20(26)14-12-19;/h2-15,22H,1H3,(H2,27,28,29,30,32);1H. The highest BCUT2D eigenvalue weighted by Gasteiger charge is 2.26. The largest absolute Gasteiger partial charge is 0.324 e. The molecule has 1 aromatic heterocycles. The van der Waals surface area contributed by atoms with Gasteiger partial charge in [0.1, 0.15) is 6.04 Å². The van der Waals surface area contributed by atoms with E-state index < -0.39 is 0 Å². The van der Waals surface area contributed by atoms with Crippen molar-refractivity contribution in [2.45, 2.75) is 13.0 Å². The highest BCUT2D eigenvalue weighted by atomic mass is 35.5. The fraction of sp³-hybridized carbons (Fsp3) is 0.0800. The van der Waals surface area contributed by atoms with E-state index in [1.807, 2.05) is 30.3 Å². The summed E-state index contributed by atoms with van der Waals surface area (Å²) in [6.45, 7) is 2.06. The number of halogens is 2. The zero-order chi connectivity index (χ0) is 22.1. The molecule has 0 spiro atoms. The lowest BCUT2D eigenvalue weighted by Gasteiger charge is -2.24. The molecule has 0 bridgehead atoms. The van der Waals surface area contributed by atoms with Gasteiger partial charge in [0.25, 0.3) is 11.9 Å². The van der Waals surface area contributed by atoms with Gasteiger partial charge in [-0.2, -0.15) is 4.98 Å². The van der Waals surface area contributed by atoms with Crippen LogP contribution in [0.4, 0.5) is 11.9 Å². The molecule has 0 saturated heterocycles. The molecule has 0 fully saturated rings. The molecule has 1 atom stereocenters. The molecule has 5 rings (SSSR count). The van der Waals surface area contributed by atoms with E-state index in [1.54, 1.807) is 28.9 Å². The van der Waals surface area contributed by atoms with Crippen LogP contribution in [0.25, 0.3) is 5.70 Å². The number of carbonyl (C=O) groups is 1. The van der Waals surface area contributed by atoms with E-state index in [0.717, 1.165) is 16.8 Å². The summed E-state index contributed by atoms with van der Waals surface area (Å²) in [6.07, 6.45) is 2.12. The van der Waals surface area contributed by atoms with E-state index in [4.69, 9.17) is 11.6 Å². The number of rotatable bonds is 4. The van der Waals surface area contributed by atoms with Gasteiger partial charge in [0.05, 0.1) is 0 Å². The van der Waals surface area contributed by atoms with E-state index in [1.165, 1.54) is 5.56 Å². The molecule has 4 aromatic rings. The normalized spacial score (nSPS) is 14.4. The van der Waals surface area contributed by atoms with Crippen molar-refractivity contribution in [2.75, 3.05) is 10.6 Å². The predicted molar refractivity (Wildman–Crippen MR) is 134 cm³/mol. The fourth-order valence-electron chi connectivity index (χ4n) is 3.61. The summed E-state index contributed by atoms with van der Waals surface area (Å²) in [5.74, 6) is 0.489. The first-order valence-corrected chi connectivity index (χ1v) is 10.6. The van der Waals surface area contributed by atoms with Gasteiger partial charge >= 0.3 is 0 Å². The van der Waals surface area contributed by atoms with Gasteiger partial charge < -0.3 is 5.32 Å². The van der Waals surface area contributed by atoms with Crippen molar-refractivity contribution in [3.8, 4) is 0 Å². The molecule has 2 N–H and O–H groups in total. The number of nitrogens with one attached hydrogen (secondary N) is 2. The molecule has 2 heterocycles. The number of anilines is 2. The Hall–Kier alpha value is -3.61. The maximum absolute atomic E-state index is 12.6. The maximum Gasteiger partial charge on any atom is 0.258 e. The third-order valence-corrected chi connectivity index (χ3v) is 5.55. The predicted octanol–water partition coefficient (Wildman–Crippen LogP) is 5.97. The lowest BCUT2D eigenvalue weighted by Crippen LogP contribution is -2.20. The van der Waals surface area contributed by atoms with E-state index in [0.29, 0.717) is 16.5 Å². The van der Waals surface area contributed by atoms with Gasteiger partial charge in [-0.15, -0.1) is 17.5 Å². The Kier molecular flexibility index (Phi) is 6.49. The van der Waals surface area contributed by atoms with Crippen molar-refractivity contribution in [3.05, 3.63) is 112 Å². The number of hydrogen-bond acceptors (Lipinski definition) is 4.